The molecule has 2 aromatic rings. The molecule has 2 heterocycles. The van der Waals surface area contributed by atoms with Crippen molar-refractivity contribution in [2.24, 2.45) is 0 Å². The van der Waals surface area contributed by atoms with E-state index < -0.39 is 26.9 Å². The van der Waals surface area contributed by atoms with Crippen LogP contribution in [0.25, 0.3) is 0 Å². The highest BCUT2D eigenvalue weighted by atomic mass is 32.2. The molecule has 0 unspecified atom stereocenters. The van der Waals surface area contributed by atoms with Gasteiger partial charge in [-0.2, -0.15) is 11.3 Å². The third kappa shape index (κ3) is 3.30. The number of pyridine rings is 1. The monoisotopic (exact) mass is 333 g/mol. The van der Waals surface area contributed by atoms with Gasteiger partial charge in [0.15, 0.2) is 5.82 Å². The number of nitrogens with zero attached hydrogens (tertiary/aromatic N) is 2. The molecule has 0 saturated heterocycles. The van der Waals surface area contributed by atoms with Gasteiger partial charge in [-0.25, -0.2) is 22.2 Å². The normalized spacial score (nSPS) is 11.7. The molecular weight excluding hydrogens is 320 g/mol. The smallest absolute Gasteiger partial charge is 0.265 e. The molecule has 5 nitrogen and oxygen atoms in total. The molecule has 1 N–H and O–H groups in total. The summed E-state index contributed by atoms with van der Waals surface area (Å²) in [5, 5.41) is 2.32. The Labute approximate surface area is 125 Å². The van der Waals surface area contributed by atoms with Crippen LogP contribution in [0.4, 0.5) is 20.3 Å². The zero-order chi connectivity index (χ0) is 15.6. The van der Waals surface area contributed by atoms with E-state index in [2.05, 4.69) is 9.71 Å². The van der Waals surface area contributed by atoms with E-state index in [1.165, 1.54) is 17.6 Å². The molecule has 0 atom stereocenters. The van der Waals surface area contributed by atoms with Crippen LogP contribution in [-0.4, -0.2) is 27.5 Å². The van der Waals surface area contributed by atoms with Crippen molar-refractivity contribution < 1.29 is 17.2 Å². The van der Waals surface area contributed by atoms with Gasteiger partial charge in [0.2, 0.25) is 0 Å². The van der Waals surface area contributed by atoms with E-state index in [-0.39, 0.29) is 5.69 Å². The molecule has 2 aromatic heterocycles. The maximum Gasteiger partial charge on any atom is 0.265 e. The minimum atomic E-state index is -4.09. The summed E-state index contributed by atoms with van der Waals surface area (Å²) in [6.45, 7) is 0. The van der Waals surface area contributed by atoms with Gasteiger partial charge in [-0.15, -0.1) is 0 Å². The zero-order valence-electron chi connectivity index (χ0n) is 11.2. The van der Waals surface area contributed by atoms with Crippen LogP contribution in [0.15, 0.2) is 34.0 Å². The maximum absolute atomic E-state index is 12.8. The summed E-state index contributed by atoms with van der Waals surface area (Å²) >= 11 is 0.917. The average molecular weight is 333 g/mol. The fraction of sp³-hybridized carbons (Fsp3) is 0.250. The van der Waals surface area contributed by atoms with Crippen LogP contribution in [0.2, 0.25) is 0 Å². The van der Waals surface area contributed by atoms with Crippen molar-refractivity contribution in [3.05, 3.63) is 34.7 Å². The van der Waals surface area contributed by atoms with Crippen molar-refractivity contribution in [1.29, 1.82) is 0 Å². The molecule has 21 heavy (non-hydrogen) atoms. The van der Waals surface area contributed by atoms with E-state index in [1.54, 1.807) is 25.1 Å². The van der Waals surface area contributed by atoms with Gasteiger partial charge in [0.25, 0.3) is 16.4 Å². The summed E-state index contributed by atoms with van der Waals surface area (Å²) in [6.07, 6.45) is -1.33. The predicted octanol–water partition coefficient (Wildman–Crippen LogP) is 2.95. The molecule has 0 fully saturated rings. The Morgan fingerprint density at radius 1 is 1.33 bits per heavy atom. The third-order valence-electron chi connectivity index (χ3n) is 2.63. The molecule has 9 heteroatoms. The molecule has 0 saturated carbocycles. The van der Waals surface area contributed by atoms with Crippen LogP contribution in [0.5, 0.6) is 0 Å². The van der Waals surface area contributed by atoms with E-state index in [0.29, 0.717) is 5.82 Å². The number of hydrogen-bond donors (Lipinski definition) is 1. The van der Waals surface area contributed by atoms with Crippen LogP contribution < -0.4 is 9.62 Å². The second-order valence-electron chi connectivity index (χ2n) is 4.37. The summed E-state index contributed by atoms with van der Waals surface area (Å²) in [6, 6.07) is 3.08. The number of hydrogen-bond acceptors (Lipinski definition) is 5. The van der Waals surface area contributed by atoms with Gasteiger partial charge in [-0.05, 0) is 12.1 Å². The standard InChI is InChI=1S/C12H13F2N3O2S2/c1-17(2)12-9(4-3-5-15-12)16-21(18,19)10-7-20-6-8(10)11(13)14/h3-7,11,16H,1-2H3. The lowest BCUT2D eigenvalue weighted by atomic mass is 10.4. The van der Waals surface area contributed by atoms with E-state index in [9.17, 15) is 17.2 Å². The van der Waals surface area contributed by atoms with Gasteiger partial charge < -0.3 is 4.90 Å². The molecular formula is C12H13F2N3O2S2. The number of thiophene rings is 1. The van der Waals surface area contributed by atoms with Gasteiger partial charge in [0.1, 0.15) is 4.90 Å². The molecule has 114 valence electrons. The minimum absolute atomic E-state index is 0.230. The second-order valence-corrected chi connectivity index (χ2v) is 6.76. The predicted molar refractivity (Wildman–Crippen MR) is 78.6 cm³/mol. The highest BCUT2D eigenvalue weighted by Gasteiger charge is 2.25. The van der Waals surface area contributed by atoms with Gasteiger partial charge in [-0.3, -0.25) is 4.72 Å². The summed E-state index contributed by atoms with van der Waals surface area (Å²) in [5.74, 6) is 0.398. The van der Waals surface area contributed by atoms with Crippen molar-refractivity contribution in [2.75, 3.05) is 23.7 Å². The number of nitrogens with one attached hydrogen (secondary N) is 1. The van der Waals surface area contributed by atoms with Crippen molar-refractivity contribution in [1.82, 2.24) is 4.98 Å². The molecule has 0 spiro atoms. The van der Waals surface area contributed by atoms with Gasteiger partial charge in [0, 0.05) is 36.6 Å². The molecule has 0 radical (unpaired) electrons. The molecule has 0 aliphatic carbocycles. The third-order valence-corrected chi connectivity index (χ3v) is 4.97. The van der Waals surface area contributed by atoms with Crippen molar-refractivity contribution in [3.63, 3.8) is 0 Å². The van der Waals surface area contributed by atoms with Gasteiger partial charge in [0.05, 0.1) is 5.69 Å². The zero-order valence-corrected chi connectivity index (χ0v) is 12.9. The number of sulfonamides is 1. The Morgan fingerprint density at radius 3 is 2.67 bits per heavy atom. The number of halogens is 2. The van der Waals surface area contributed by atoms with Crippen molar-refractivity contribution in [2.45, 2.75) is 11.3 Å². The van der Waals surface area contributed by atoms with Crippen LogP contribution in [0.3, 0.4) is 0 Å². The summed E-state index contributed by atoms with van der Waals surface area (Å²) in [4.78, 5) is 5.27. The lowest BCUT2D eigenvalue weighted by Crippen LogP contribution is -2.18. The summed E-state index contributed by atoms with van der Waals surface area (Å²) < 4.78 is 52.5. The quantitative estimate of drug-likeness (QED) is 0.914. The van der Waals surface area contributed by atoms with E-state index in [0.717, 1.165) is 16.7 Å². The topological polar surface area (TPSA) is 62.3 Å². The van der Waals surface area contributed by atoms with Crippen LogP contribution in [0, 0.1) is 0 Å². The summed E-state index contributed by atoms with van der Waals surface area (Å²) in [5.41, 5.74) is -0.267. The van der Waals surface area contributed by atoms with Crippen LogP contribution in [-0.2, 0) is 10.0 Å². The Kier molecular flexibility index (Phi) is 4.43. The number of anilines is 2. The lowest BCUT2D eigenvalue weighted by molar-refractivity contribution is 0.148. The first-order valence-corrected chi connectivity index (χ1v) is 8.25. The first-order chi connectivity index (χ1) is 9.83. The second kappa shape index (κ2) is 5.94. The van der Waals surface area contributed by atoms with E-state index in [4.69, 9.17) is 0 Å². The molecule has 0 aliphatic rings. The van der Waals surface area contributed by atoms with Crippen LogP contribution >= 0.6 is 11.3 Å². The fourth-order valence-electron chi connectivity index (χ4n) is 1.71. The summed E-state index contributed by atoms with van der Waals surface area (Å²) in [7, 11) is -0.681. The van der Waals surface area contributed by atoms with Crippen LogP contribution in [0.1, 0.15) is 12.0 Å². The first kappa shape index (κ1) is 15.6. The average Bonchev–Trinajstić information content (AvgIpc) is 2.88. The first-order valence-electron chi connectivity index (χ1n) is 5.82. The highest BCUT2D eigenvalue weighted by molar-refractivity contribution is 7.93. The van der Waals surface area contributed by atoms with Crippen molar-refractivity contribution in [3.8, 4) is 0 Å². The molecule has 0 aliphatic heterocycles. The Hall–Kier alpha value is -1.74. The van der Waals surface area contributed by atoms with Crippen molar-refractivity contribution >= 4 is 32.9 Å². The molecule has 2 rings (SSSR count). The molecule has 0 aromatic carbocycles. The number of alkyl halides is 2. The Balaban J connectivity index is 2.41. The molecule has 0 amide bonds. The maximum atomic E-state index is 12.8. The highest BCUT2D eigenvalue weighted by Crippen LogP contribution is 2.32. The Morgan fingerprint density at radius 2 is 2.05 bits per heavy atom. The SMILES string of the molecule is CN(C)c1ncccc1NS(=O)(=O)c1cscc1C(F)F. The number of aromatic nitrogens is 1. The molecule has 0 bridgehead atoms. The lowest BCUT2D eigenvalue weighted by Gasteiger charge is -2.17. The Bertz CT molecular complexity index is 730. The fourth-order valence-corrected chi connectivity index (χ4v) is 4.17. The van der Waals surface area contributed by atoms with Gasteiger partial charge >= 0.3 is 0 Å². The number of rotatable bonds is 5. The largest absolute Gasteiger partial charge is 0.361 e. The van der Waals surface area contributed by atoms with E-state index in [1.807, 2.05) is 0 Å². The minimum Gasteiger partial charge on any atom is -0.361 e. The van der Waals surface area contributed by atoms with E-state index >= 15 is 0 Å². The van der Waals surface area contributed by atoms with Gasteiger partial charge in [-0.1, -0.05) is 0 Å².